The second kappa shape index (κ2) is 5.43. The van der Waals surface area contributed by atoms with Crippen molar-refractivity contribution < 1.29 is 4.92 Å². The van der Waals surface area contributed by atoms with Gasteiger partial charge in [0.2, 0.25) is 0 Å². The van der Waals surface area contributed by atoms with Gasteiger partial charge < -0.3 is 10.2 Å². The van der Waals surface area contributed by atoms with Crippen molar-refractivity contribution in [2.24, 2.45) is 0 Å². The molecule has 0 amide bonds. The average molecular weight is 275 g/mol. The molecule has 0 unspecified atom stereocenters. The first-order chi connectivity index (χ1) is 9.48. The highest BCUT2D eigenvalue weighted by molar-refractivity contribution is 5.55. The molecule has 7 heteroatoms. The first-order valence-electron chi connectivity index (χ1n) is 6.44. The zero-order valence-electron chi connectivity index (χ0n) is 11.6. The monoisotopic (exact) mass is 275 g/mol. The summed E-state index contributed by atoms with van der Waals surface area (Å²) in [4.78, 5) is 16.3. The summed E-state index contributed by atoms with van der Waals surface area (Å²) in [6.07, 6.45) is 4.56. The molecule has 0 aliphatic heterocycles. The minimum absolute atomic E-state index is 0.0934. The van der Waals surface area contributed by atoms with E-state index in [1.165, 1.54) is 18.7 Å². The van der Waals surface area contributed by atoms with E-state index in [9.17, 15) is 10.1 Å². The zero-order valence-corrected chi connectivity index (χ0v) is 11.6. The Kier molecular flexibility index (Phi) is 3.86. The van der Waals surface area contributed by atoms with Gasteiger partial charge in [-0.25, -0.2) is 4.98 Å². The van der Waals surface area contributed by atoms with Crippen molar-refractivity contribution in [2.75, 3.05) is 26.0 Å². The smallest absolute Gasteiger partial charge is 0.289 e. The third-order valence-electron chi connectivity index (χ3n) is 4.02. The zero-order chi connectivity index (χ0) is 14.8. The predicted molar refractivity (Wildman–Crippen MR) is 74.4 cm³/mol. The summed E-state index contributed by atoms with van der Waals surface area (Å²) >= 11 is 0. The fraction of sp³-hybridized carbons (Fsp3) is 0.538. The molecule has 0 spiro atoms. The van der Waals surface area contributed by atoms with Crippen LogP contribution in [-0.4, -0.2) is 41.0 Å². The Bertz CT molecular complexity index is 560. The molecule has 1 saturated carbocycles. The van der Waals surface area contributed by atoms with Crippen LogP contribution in [0.3, 0.4) is 0 Å². The number of nitro groups is 1. The van der Waals surface area contributed by atoms with E-state index in [1.54, 1.807) is 0 Å². The van der Waals surface area contributed by atoms with Gasteiger partial charge in [0.25, 0.3) is 5.69 Å². The van der Waals surface area contributed by atoms with Gasteiger partial charge in [0, 0.05) is 18.2 Å². The molecule has 7 nitrogen and oxygen atoms in total. The molecule has 1 heterocycles. The highest BCUT2D eigenvalue weighted by Crippen LogP contribution is 2.36. The van der Waals surface area contributed by atoms with Gasteiger partial charge in [-0.05, 0) is 33.4 Å². The first-order valence-corrected chi connectivity index (χ1v) is 6.44. The second-order valence-corrected chi connectivity index (χ2v) is 5.28. The van der Waals surface area contributed by atoms with Gasteiger partial charge in [0.1, 0.15) is 23.6 Å². The van der Waals surface area contributed by atoms with Crippen LogP contribution in [0.15, 0.2) is 12.3 Å². The van der Waals surface area contributed by atoms with Crippen molar-refractivity contribution in [3.8, 4) is 6.07 Å². The largest absolute Gasteiger partial charge is 0.367 e. The third-order valence-corrected chi connectivity index (χ3v) is 4.02. The van der Waals surface area contributed by atoms with Crippen LogP contribution in [-0.2, 0) is 0 Å². The van der Waals surface area contributed by atoms with E-state index in [0.717, 1.165) is 12.8 Å². The summed E-state index contributed by atoms with van der Waals surface area (Å²) in [5.74, 6) is 0.409. The molecular formula is C13H17N5O2. The quantitative estimate of drug-likeness (QED) is 0.649. The average Bonchev–Trinajstić information content (AvgIpc) is 2.36. The third kappa shape index (κ3) is 2.56. The normalized spacial score (nSPS) is 16.3. The summed E-state index contributed by atoms with van der Waals surface area (Å²) in [6, 6.07) is 3.20. The van der Waals surface area contributed by atoms with Gasteiger partial charge in [-0.15, -0.1) is 0 Å². The molecule has 1 fully saturated rings. The molecule has 0 bridgehead atoms. The van der Waals surface area contributed by atoms with Crippen molar-refractivity contribution in [1.82, 2.24) is 9.88 Å². The Hall–Kier alpha value is -2.20. The number of anilines is 1. The number of hydrogen-bond donors (Lipinski definition) is 1. The van der Waals surface area contributed by atoms with Crippen molar-refractivity contribution in [3.63, 3.8) is 0 Å². The number of likely N-dealkylation sites (N-methyl/N-ethyl adjacent to an activating group) is 1. The van der Waals surface area contributed by atoms with Gasteiger partial charge in [-0.1, -0.05) is 0 Å². The highest BCUT2D eigenvalue weighted by atomic mass is 16.6. The summed E-state index contributed by atoms with van der Waals surface area (Å²) in [5.41, 5.74) is 0.126. The number of nitriles is 1. The molecule has 0 aromatic carbocycles. The molecule has 1 aromatic rings. The van der Waals surface area contributed by atoms with E-state index >= 15 is 0 Å². The Labute approximate surface area is 117 Å². The molecule has 1 aliphatic rings. The molecule has 20 heavy (non-hydrogen) atoms. The molecule has 0 radical (unpaired) electrons. The Morgan fingerprint density at radius 1 is 1.60 bits per heavy atom. The fourth-order valence-electron chi connectivity index (χ4n) is 2.39. The standard InChI is InChI=1S/C13H17N5O2/c1-17(2)13(4-3-5-13)9-16-12-10(7-14)6-11(8-15-12)18(19)20/h6,8H,3-5,9H2,1-2H3,(H,15,16). The highest BCUT2D eigenvalue weighted by Gasteiger charge is 2.38. The van der Waals surface area contributed by atoms with Gasteiger partial charge in [-0.3, -0.25) is 10.1 Å². The molecule has 1 aliphatic carbocycles. The lowest BCUT2D eigenvalue weighted by atomic mass is 9.75. The maximum absolute atomic E-state index is 10.7. The Morgan fingerprint density at radius 3 is 2.75 bits per heavy atom. The number of nitrogens with zero attached hydrogens (tertiary/aromatic N) is 4. The minimum atomic E-state index is -0.551. The van der Waals surface area contributed by atoms with Crippen LogP contribution in [0.1, 0.15) is 24.8 Å². The van der Waals surface area contributed by atoms with E-state index in [4.69, 9.17) is 5.26 Å². The maximum Gasteiger partial charge on any atom is 0.289 e. The van der Waals surface area contributed by atoms with Crippen LogP contribution >= 0.6 is 0 Å². The number of aromatic nitrogens is 1. The predicted octanol–water partition coefficient (Wildman–Crippen LogP) is 1.76. The molecule has 1 aromatic heterocycles. The topological polar surface area (TPSA) is 95.1 Å². The molecule has 0 saturated heterocycles. The number of hydrogen-bond acceptors (Lipinski definition) is 6. The molecule has 1 N–H and O–H groups in total. The Morgan fingerprint density at radius 2 is 2.30 bits per heavy atom. The molecule has 106 valence electrons. The van der Waals surface area contributed by atoms with Gasteiger partial charge in [0.15, 0.2) is 0 Å². The van der Waals surface area contributed by atoms with Crippen LogP contribution in [0.25, 0.3) is 0 Å². The van der Waals surface area contributed by atoms with E-state index in [0.29, 0.717) is 12.4 Å². The number of nitrogens with one attached hydrogen (secondary N) is 1. The number of pyridine rings is 1. The summed E-state index contributed by atoms with van der Waals surface area (Å²) in [6.45, 7) is 0.680. The van der Waals surface area contributed by atoms with Crippen LogP contribution in [0.2, 0.25) is 0 Å². The van der Waals surface area contributed by atoms with Gasteiger partial charge in [0.05, 0.1) is 4.92 Å². The van der Waals surface area contributed by atoms with Crippen LogP contribution in [0.4, 0.5) is 11.5 Å². The molecule has 2 rings (SSSR count). The number of rotatable bonds is 5. The Balaban J connectivity index is 2.14. The lowest BCUT2D eigenvalue weighted by Crippen LogP contribution is -2.54. The van der Waals surface area contributed by atoms with E-state index < -0.39 is 4.92 Å². The van der Waals surface area contributed by atoms with Crippen molar-refractivity contribution in [3.05, 3.63) is 27.9 Å². The lowest BCUT2D eigenvalue weighted by Gasteiger charge is -2.47. The summed E-state index contributed by atoms with van der Waals surface area (Å²) in [5, 5.41) is 22.9. The molecule has 0 atom stereocenters. The van der Waals surface area contributed by atoms with Crippen molar-refractivity contribution in [2.45, 2.75) is 24.8 Å². The van der Waals surface area contributed by atoms with Crippen molar-refractivity contribution >= 4 is 11.5 Å². The SMILES string of the molecule is CN(C)C1(CNc2ncc([N+](=O)[O-])cc2C#N)CCC1. The first kappa shape index (κ1) is 14.2. The van der Waals surface area contributed by atoms with Gasteiger partial charge >= 0.3 is 0 Å². The van der Waals surface area contributed by atoms with Crippen LogP contribution < -0.4 is 5.32 Å². The van der Waals surface area contributed by atoms with Gasteiger partial charge in [-0.2, -0.15) is 5.26 Å². The van der Waals surface area contributed by atoms with E-state index in [-0.39, 0.29) is 16.8 Å². The van der Waals surface area contributed by atoms with Crippen molar-refractivity contribution in [1.29, 1.82) is 5.26 Å². The molecular weight excluding hydrogens is 258 g/mol. The fourth-order valence-corrected chi connectivity index (χ4v) is 2.39. The summed E-state index contributed by atoms with van der Waals surface area (Å²) < 4.78 is 0. The van der Waals surface area contributed by atoms with Crippen LogP contribution in [0.5, 0.6) is 0 Å². The minimum Gasteiger partial charge on any atom is -0.367 e. The van der Waals surface area contributed by atoms with Crippen LogP contribution in [0, 0.1) is 21.4 Å². The second-order valence-electron chi connectivity index (χ2n) is 5.28. The van der Waals surface area contributed by atoms with E-state index in [2.05, 4.69) is 15.2 Å². The lowest BCUT2D eigenvalue weighted by molar-refractivity contribution is -0.385. The van der Waals surface area contributed by atoms with E-state index in [1.807, 2.05) is 20.2 Å². The summed E-state index contributed by atoms with van der Waals surface area (Å²) in [7, 11) is 4.07. The maximum atomic E-state index is 10.7.